The number of benzene rings is 5. The molecule has 102 heavy (non-hydrogen) atoms. The van der Waals surface area contributed by atoms with Crippen molar-refractivity contribution in [1.29, 1.82) is 0 Å². The highest BCUT2D eigenvalue weighted by atomic mass is 16.8. The maximum Gasteiger partial charge on any atom is 0.410 e. The van der Waals surface area contributed by atoms with Crippen LogP contribution >= 0.6 is 0 Å². The first-order chi connectivity index (χ1) is 49.4. The van der Waals surface area contributed by atoms with Gasteiger partial charge in [0.1, 0.15) is 87.5 Å². The van der Waals surface area contributed by atoms with Gasteiger partial charge in [-0.05, 0) is 52.6 Å². The lowest BCUT2D eigenvalue weighted by Crippen LogP contribution is -2.68. The number of hydrogen-bond acceptors (Lipinski definition) is 24. The molecule has 11 N–H and O–H groups in total. The second kappa shape index (κ2) is 39.2. The lowest BCUT2D eigenvalue weighted by atomic mass is 9.82. The number of aliphatic hydroxyl groups excluding tert-OH is 7. The van der Waals surface area contributed by atoms with E-state index in [1.807, 2.05) is 36.4 Å². The Bertz CT molecular complexity index is 3440. The summed E-state index contributed by atoms with van der Waals surface area (Å²) in [5, 5.41) is 95.3. The number of azide groups is 1. The first-order valence-corrected chi connectivity index (χ1v) is 33.8. The SMILES string of the molecule is C[C@H]1[C@@H](O[C@H]2[C@@H](OCCN(CCc3ccccc3)C(=O)OCc3ccccc3)[C@H](O[C@@H]3[C@@H](O)[C@H](NC(=O)[C@@H](O)CCNC(=O)OCc4ccccc4)C[C@H](NC(=O)OCc4ccccc4)[C@H]3O[C@H]3O[C@H](CN=[N+]=[N-])[C@@H](O)[C@H](O)[C@H]3C)O[C@@H]2CO)O[C@@H](CNC(=O)OCc2ccccc2)[C@@H](O)[C@@H]1O. The van der Waals surface area contributed by atoms with Crippen molar-refractivity contribution in [2.75, 3.05) is 45.9 Å². The van der Waals surface area contributed by atoms with E-state index >= 15 is 0 Å². The predicted octanol–water partition coefficient (Wildman–Crippen LogP) is 3.75. The summed E-state index contributed by atoms with van der Waals surface area (Å²) in [6.45, 7) is 0.115. The van der Waals surface area contributed by atoms with Crippen molar-refractivity contribution >= 4 is 30.3 Å². The smallest absolute Gasteiger partial charge is 0.410 e. The average molecular weight is 1420 g/mol. The van der Waals surface area contributed by atoms with E-state index in [2.05, 4.69) is 31.3 Å². The van der Waals surface area contributed by atoms with Gasteiger partial charge in [-0.1, -0.05) is 171 Å². The molecule has 5 amide bonds. The summed E-state index contributed by atoms with van der Waals surface area (Å²) >= 11 is 0. The molecule has 3 aliphatic heterocycles. The molecule has 4 fully saturated rings. The van der Waals surface area contributed by atoms with Gasteiger partial charge in [-0.25, -0.2) is 19.2 Å². The van der Waals surface area contributed by atoms with E-state index in [9.17, 15) is 65.2 Å². The molecule has 5 aromatic rings. The first kappa shape index (κ1) is 77.6. The highest BCUT2D eigenvalue weighted by molar-refractivity contribution is 5.81. The molecule has 0 unspecified atom stereocenters. The summed E-state index contributed by atoms with van der Waals surface area (Å²) in [6, 6.07) is 41.8. The Morgan fingerprint density at radius 3 is 1.55 bits per heavy atom. The number of carbonyl (C=O) groups excluding carboxylic acids is 5. The van der Waals surface area contributed by atoms with Gasteiger partial charge in [0.15, 0.2) is 18.9 Å². The zero-order chi connectivity index (χ0) is 72.5. The summed E-state index contributed by atoms with van der Waals surface area (Å²) in [6.07, 6.45) is -29.7. The van der Waals surface area contributed by atoms with Crippen molar-refractivity contribution in [3.05, 3.63) is 190 Å². The van der Waals surface area contributed by atoms with Crippen molar-refractivity contribution in [1.82, 2.24) is 26.2 Å². The molecule has 3 saturated heterocycles. The highest BCUT2D eigenvalue weighted by Crippen LogP contribution is 2.39. The number of aliphatic hydroxyl groups is 7. The van der Waals surface area contributed by atoms with Gasteiger partial charge in [0.05, 0.1) is 50.2 Å². The van der Waals surface area contributed by atoms with E-state index in [1.165, 1.54) is 18.7 Å². The van der Waals surface area contributed by atoms with Crippen molar-refractivity contribution in [2.24, 2.45) is 17.0 Å². The highest BCUT2D eigenvalue weighted by Gasteiger charge is 2.56. The molecule has 0 spiro atoms. The maximum absolute atomic E-state index is 14.2. The number of alkyl carbamates (subject to hydrolysis) is 3. The molecule has 31 nitrogen and oxygen atoms in total. The number of amides is 5. The van der Waals surface area contributed by atoms with Crippen molar-refractivity contribution < 1.29 is 112 Å². The minimum atomic E-state index is -1.96. The number of nitrogens with zero attached hydrogens (tertiary/aromatic N) is 4. The van der Waals surface area contributed by atoms with Gasteiger partial charge in [-0.3, -0.25) is 4.79 Å². The van der Waals surface area contributed by atoms with Crippen LogP contribution in [0.1, 0.15) is 54.5 Å². The normalized spacial score (nSPS) is 28.6. The van der Waals surface area contributed by atoms with Crippen LogP contribution in [0, 0.1) is 11.8 Å². The van der Waals surface area contributed by atoms with E-state index < -0.39 is 179 Å². The minimum absolute atomic E-state index is 0.0611. The molecule has 9 rings (SSSR count). The average Bonchev–Trinajstić information content (AvgIpc) is 1.16. The molecule has 1 saturated carbocycles. The van der Waals surface area contributed by atoms with E-state index in [-0.39, 0.29) is 59.1 Å². The Morgan fingerprint density at radius 2 is 1.01 bits per heavy atom. The van der Waals surface area contributed by atoms with Crippen molar-refractivity contribution in [3.8, 4) is 0 Å². The van der Waals surface area contributed by atoms with E-state index in [1.54, 1.807) is 115 Å². The third-order valence-electron chi connectivity index (χ3n) is 18.0. The molecule has 31 heteroatoms. The number of nitrogens with one attached hydrogen (secondary N) is 4. The van der Waals surface area contributed by atoms with Crippen LogP contribution in [0.3, 0.4) is 0 Å². The van der Waals surface area contributed by atoms with Gasteiger partial charge in [0.25, 0.3) is 0 Å². The summed E-state index contributed by atoms with van der Waals surface area (Å²) in [5.74, 6) is -3.23. The van der Waals surface area contributed by atoms with Crippen LogP contribution in [-0.4, -0.2) is 227 Å². The molecule has 3 heterocycles. The second-order valence-electron chi connectivity index (χ2n) is 25.2. The fourth-order valence-electron chi connectivity index (χ4n) is 12.1. The lowest BCUT2D eigenvalue weighted by molar-refractivity contribution is -0.320. The summed E-state index contributed by atoms with van der Waals surface area (Å²) in [7, 11) is 0. The topological polar surface area (TPSA) is 429 Å². The van der Waals surface area contributed by atoms with Crippen LogP contribution in [-0.2, 0) is 89.7 Å². The summed E-state index contributed by atoms with van der Waals surface area (Å²) in [5.41, 5.74) is 12.9. The van der Waals surface area contributed by atoms with Gasteiger partial charge in [-0.2, -0.15) is 0 Å². The molecule has 0 aromatic heterocycles. The third-order valence-corrected chi connectivity index (χ3v) is 18.0. The largest absolute Gasteiger partial charge is 0.445 e. The zero-order valence-corrected chi connectivity index (χ0v) is 56.3. The van der Waals surface area contributed by atoms with E-state index in [4.69, 9.17) is 52.1 Å². The standard InChI is InChI=1S/C71H90N8O23/c1-42-56(83)59(86)53(36-75-78-72)98-65(42)100-60-50(77-70(90)95-40-47-24-14-6-15-25-47)34-49(76-64(87)51(81)28-30-73-68(88)93-38-45-20-10-4-11-21-45)57(84)62(60)102-67-63(92-33-32-79(31-29-44-18-8-3-9-19-44)71(91)96-41-48-26-16-7-17-27-48)61(54(37-80)99-67)101-66-43(2)55(82)58(85)52(97-66)35-74-69(89)94-39-46-22-12-5-13-23-46/h3-27,42-43,49-63,65-67,80-86H,28-41H2,1-2H3,(H,73,88)(H,74,89)(H,76,87)(H,77,90)/t42-,43-,49-,50+,51+,52+,53-,54-,55-,56-,57+,58-,59-,60-,61-,62-,63-,65-,66-,67+/m1/s1. The van der Waals surface area contributed by atoms with Gasteiger partial charge < -0.3 is 114 Å². The molecule has 20 atom stereocenters. The second-order valence-corrected chi connectivity index (χ2v) is 25.2. The Hall–Kier alpha value is -8.60. The molecule has 552 valence electrons. The Labute approximate surface area is 588 Å². The molecular formula is C71H90N8O23. The van der Waals surface area contributed by atoms with E-state index in [0.29, 0.717) is 28.7 Å². The molecule has 4 aliphatic rings. The Balaban J connectivity index is 1.04. The molecule has 1 aliphatic carbocycles. The number of hydrogen-bond donors (Lipinski definition) is 11. The number of ether oxygens (including phenoxy) is 11. The summed E-state index contributed by atoms with van der Waals surface area (Å²) in [4.78, 5) is 72.4. The predicted molar refractivity (Wildman–Crippen MR) is 358 cm³/mol. The van der Waals surface area contributed by atoms with Crippen LogP contribution < -0.4 is 21.3 Å². The lowest BCUT2D eigenvalue weighted by Gasteiger charge is -2.49. The monoisotopic (exact) mass is 1420 g/mol. The van der Waals surface area contributed by atoms with Gasteiger partial charge >= 0.3 is 24.4 Å². The van der Waals surface area contributed by atoms with Gasteiger partial charge in [-0.15, -0.1) is 0 Å². The maximum atomic E-state index is 14.2. The molecule has 0 radical (unpaired) electrons. The number of rotatable bonds is 32. The molecule has 5 aromatic carbocycles. The van der Waals surface area contributed by atoms with Crippen molar-refractivity contribution in [3.63, 3.8) is 0 Å². The van der Waals surface area contributed by atoms with E-state index in [0.717, 1.165) is 5.56 Å². The van der Waals surface area contributed by atoms with Crippen LogP contribution in [0.15, 0.2) is 157 Å². The Kier molecular flexibility index (Phi) is 29.8. The molecular weight excluding hydrogens is 1330 g/mol. The van der Waals surface area contributed by atoms with Crippen LogP contribution in [0.2, 0.25) is 0 Å². The zero-order valence-electron chi connectivity index (χ0n) is 56.3. The van der Waals surface area contributed by atoms with Gasteiger partial charge in [0, 0.05) is 42.9 Å². The minimum Gasteiger partial charge on any atom is -0.445 e. The van der Waals surface area contributed by atoms with Crippen LogP contribution in [0.25, 0.3) is 10.4 Å². The van der Waals surface area contributed by atoms with Crippen LogP contribution in [0.5, 0.6) is 0 Å². The quantitative estimate of drug-likeness (QED) is 0.0126. The van der Waals surface area contributed by atoms with Crippen LogP contribution in [0.4, 0.5) is 19.2 Å². The van der Waals surface area contributed by atoms with Gasteiger partial charge in [0.2, 0.25) is 5.91 Å². The summed E-state index contributed by atoms with van der Waals surface area (Å²) < 4.78 is 68.3. The van der Waals surface area contributed by atoms with Crippen molar-refractivity contribution in [2.45, 2.75) is 170 Å². The third kappa shape index (κ3) is 22.2. The fourth-order valence-corrected chi connectivity index (χ4v) is 12.1. The fraction of sp³-hybridized carbons (Fsp3) is 0.507. The molecule has 0 bridgehead atoms. The Morgan fingerprint density at radius 1 is 0.539 bits per heavy atom. The first-order valence-electron chi connectivity index (χ1n) is 33.8. The number of carbonyl (C=O) groups is 5.